The second-order valence-electron chi connectivity index (χ2n) is 4.20. The molecule has 1 rings (SSSR count). The van der Waals surface area contributed by atoms with Gasteiger partial charge in [0.05, 0.1) is 13.2 Å². The lowest BCUT2D eigenvalue weighted by molar-refractivity contribution is -0.215. The van der Waals surface area contributed by atoms with Gasteiger partial charge in [0.2, 0.25) is 0 Å². The number of ether oxygens (including phenoxy) is 2. The predicted octanol–water partition coefficient (Wildman–Crippen LogP) is 2.77. The maximum Gasteiger partial charge on any atom is 0.414 e. The van der Waals surface area contributed by atoms with Crippen molar-refractivity contribution in [1.29, 1.82) is 0 Å². The van der Waals surface area contributed by atoms with Gasteiger partial charge >= 0.3 is 6.18 Å². The maximum absolute atomic E-state index is 12.2. The lowest BCUT2D eigenvalue weighted by Crippen LogP contribution is -2.29. The van der Waals surface area contributed by atoms with E-state index in [9.17, 15) is 13.2 Å². The Bertz CT molecular complexity index is 472. The van der Waals surface area contributed by atoms with Crippen LogP contribution < -0.4 is 4.74 Å². The molecule has 0 aliphatic carbocycles. The van der Waals surface area contributed by atoms with Crippen molar-refractivity contribution >= 4 is 0 Å². The maximum atomic E-state index is 12.2. The van der Waals surface area contributed by atoms with E-state index in [1.807, 2.05) is 0 Å². The third kappa shape index (κ3) is 7.02. The van der Waals surface area contributed by atoms with Gasteiger partial charge in [-0.15, -0.1) is 0 Å². The zero-order chi connectivity index (χ0) is 15.7. The molecule has 0 amide bonds. The first-order valence-corrected chi connectivity index (χ1v) is 6.44. The van der Waals surface area contributed by atoms with E-state index >= 15 is 0 Å². The molecule has 0 bridgehead atoms. The Kier molecular flexibility index (Phi) is 7.06. The third-order valence-corrected chi connectivity index (χ3v) is 2.50. The normalized spacial score (nSPS) is 12.4. The highest BCUT2D eigenvalue weighted by atomic mass is 19.4. The molecule has 1 aromatic carbocycles. The summed E-state index contributed by atoms with van der Waals surface area (Å²) in [5.74, 6) is 6.17. The van der Waals surface area contributed by atoms with Gasteiger partial charge < -0.3 is 14.6 Å². The van der Waals surface area contributed by atoms with Gasteiger partial charge in [-0.05, 0) is 31.2 Å². The summed E-state index contributed by atoms with van der Waals surface area (Å²) in [6, 6.07) is 6.82. The topological polar surface area (TPSA) is 38.7 Å². The van der Waals surface area contributed by atoms with Crippen LogP contribution >= 0.6 is 0 Å². The third-order valence-electron chi connectivity index (χ3n) is 2.50. The molecule has 0 aromatic heterocycles. The summed E-state index contributed by atoms with van der Waals surface area (Å²) >= 11 is 0. The molecule has 116 valence electrons. The van der Waals surface area contributed by atoms with E-state index in [1.54, 1.807) is 24.3 Å². The van der Waals surface area contributed by atoms with E-state index < -0.39 is 12.3 Å². The number of halogens is 3. The second-order valence-corrected chi connectivity index (χ2v) is 4.20. The summed E-state index contributed by atoms with van der Waals surface area (Å²) in [5.41, 5.74) is 0.776. The monoisotopic (exact) mass is 302 g/mol. The average Bonchev–Trinajstić information content (AvgIpc) is 2.44. The van der Waals surface area contributed by atoms with Crippen LogP contribution in [-0.2, 0) is 4.74 Å². The van der Waals surface area contributed by atoms with Gasteiger partial charge in [0, 0.05) is 12.0 Å². The van der Waals surface area contributed by atoms with Gasteiger partial charge in [0.1, 0.15) is 12.4 Å². The van der Waals surface area contributed by atoms with Gasteiger partial charge in [0.25, 0.3) is 0 Å². The minimum absolute atomic E-state index is 0.0184. The number of alkyl halides is 3. The Labute approximate surface area is 121 Å². The molecule has 1 atom stereocenters. The molecule has 1 unspecified atom stereocenters. The second kappa shape index (κ2) is 8.55. The summed E-state index contributed by atoms with van der Waals surface area (Å²) in [7, 11) is 0. The Morgan fingerprint density at radius 2 is 1.86 bits per heavy atom. The van der Waals surface area contributed by atoms with Gasteiger partial charge in [-0.3, -0.25) is 0 Å². The van der Waals surface area contributed by atoms with Crippen molar-refractivity contribution in [1.82, 2.24) is 0 Å². The summed E-state index contributed by atoms with van der Waals surface area (Å²) < 4.78 is 46.4. The SMILES string of the molecule is CC(OCCOc1ccc(C#CCCO)cc1)C(F)(F)F. The average molecular weight is 302 g/mol. The Morgan fingerprint density at radius 3 is 2.43 bits per heavy atom. The first kappa shape index (κ1) is 17.3. The van der Waals surface area contributed by atoms with Crippen molar-refractivity contribution in [3.05, 3.63) is 29.8 Å². The fraction of sp³-hybridized carbons (Fsp3) is 0.467. The fourth-order valence-corrected chi connectivity index (χ4v) is 1.33. The van der Waals surface area contributed by atoms with Crippen molar-refractivity contribution in [3.8, 4) is 17.6 Å². The molecule has 0 aliphatic heterocycles. The number of aliphatic hydroxyl groups excluding tert-OH is 1. The van der Waals surface area contributed by atoms with E-state index in [0.29, 0.717) is 12.2 Å². The molecule has 0 aliphatic rings. The number of rotatable bonds is 6. The molecule has 21 heavy (non-hydrogen) atoms. The van der Waals surface area contributed by atoms with E-state index in [1.165, 1.54) is 0 Å². The van der Waals surface area contributed by atoms with Crippen molar-refractivity contribution in [2.75, 3.05) is 19.8 Å². The van der Waals surface area contributed by atoms with Crippen LogP contribution in [0.5, 0.6) is 5.75 Å². The highest BCUT2D eigenvalue weighted by Crippen LogP contribution is 2.22. The van der Waals surface area contributed by atoms with Gasteiger partial charge in [-0.2, -0.15) is 13.2 Å². The van der Waals surface area contributed by atoms with E-state index in [0.717, 1.165) is 12.5 Å². The molecule has 0 fully saturated rings. The lowest BCUT2D eigenvalue weighted by Gasteiger charge is -2.16. The minimum atomic E-state index is -4.35. The summed E-state index contributed by atoms with van der Waals surface area (Å²) in [5, 5.41) is 8.59. The van der Waals surface area contributed by atoms with E-state index in [4.69, 9.17) is 9.84 Å². The molecule has 6 heteroatoms. The molecule has 0 saturated heterocycles. The van der Waals surface area contributed by atoms with Crippen LogP contribution in [0.4, 0.5) is 13.2 Å². The zero-order valence-electron chi connectivity index (χ0n) is 11.6. The summed E-state index contributed by atoms with van der Waals surface area (Å²) in [6.07, 6.45) is -5.74. The van der Waals surface area contributed by atoms with Crippen LogP contribution in [0.3, 0.4) is 0 Å². The standard InChI is InChI=1S/C15H17F3O3/c1-12(15(16,17)18)20-10-11-21-14-7-5-13(6-8-14)4-2-3-9-19/h5-8,12,19H,3,9-11H2,1H3. The summed E-state index contributed by atoms with van der Waals surface area (Å²) in [6.45, 7) is 0.874. The van der Waals surface area contributed by atoms with E-state index in [2.05, 4.69) is 16.6 Å². The van der Waals surface area contributed by atoms with Crippen molar-refractivity contribution in [3.63, 3.8) is 0 Å². The minimum Gasteiger partial charge on any atom is -0.491 e. The Morgan fingerprint density at radius 1 is 1.19 bits per heavy atom. The molecular formula is C15H17F3O3. The first-order valence-electron chi connectivity index (χ1n) is 6.44. The lowest BCUT2D eigenvalue weighted by atomic mass is 10.2. The van der Waals surface area contributed by atoms with Crippen LogP contribution in [0.2, 0.25) is 0 Å². The van der Waals surface area contributed by atoms with Gasteiger partial charge in [0.15, 0.2) is 6.10 Å². The molecule has 0 radical (unpaired) electrons. The fourth-order valence-electron chi connectivity index (χ4n) is 1.33. The van der Waals surface area contributed by atoms with Crippen LogP contribution in [-0.4, -0.2) is 37.2 Å². The molecular weight excluding hydrogens is 285 g/mol. The van der Waals surface area contributed by atoms with Crippen molar-refractivity contribution in [2.45, 2.75) is 25.6 Å². The Balaban J connectivity index is 2.32. The van der Waals surface area contributed by atoms with Crippen LogP contribution in [0.1, 0.15) is 18.9 Å². The van der Waals surface area contributed by atoms with Crippen molar-refractivity contribution in [2.24, 2.45) is 0 Å². The highest BCUT2D eigenvalue weighted by molar-refractivity contribution is 5.38. The van der Waals surface area contributed by atoms with Crippen LogP contribution in [0.25, 0.3) is 0 Å². The largest absolute Gasteiger partial charge is 0.491 e. The van der Waals surface area contributed by atoms with Gasteiger partial charge in [-0.25, -0.2) is 0 Å². The molecule has 0 spiro atoms. The van der Waals surface area contributed by atoms with E-state index in [-0.39, 0.29) is 19.8 Å². The molecule has 3 nitrogen and oxygen atoms in total. The van der Waals surface area contributed by atoms with Crippen molar-refractivity contribution < 1.29 is 27.8 Å². The quantitative estimate of drug-likeness (QED) is 0.649. The number of aliphatic hydroxyl groups is 1. The number of hydrogen-bond acceptors (Lipinski definition) is 3. The summed E-state index contributed by atoms with van der Waals surface area (Å²) in [4.78, 5) is 0. The zero-order valence-corrected chi connectivity index (χ0v) is 11.6. The smallest absolute Gasteiger partial charge is 0.414 e. The molecule has 1 N–H and O–H groups in total. The number of benzene rings is 1. The van der Waals surface area contributed by atoms with Crippen LogP contribution in [0.15, 0.2) is 24.3 Å². The predicted molar refractivity (Wildman–Crippen MR) is 72.0 cm³/mol. The van der Waals surface area contributed by atoms with Gasteiger partial charge in [-0.1, -0.05) is 11.8 Å². The van der Waals surface area contributed by atoms with Crippen LogP contribution in [0, 0.1) is 11.8 Å². The Hall–Kier alpha value is -1.71. The molecule has 0 heterocycles. The molecule has 1 aromatic rings. The molecule has 0 saturated carbocycles. The first-order chi connectivity index (χ1) is 9.93. The number of hydrogen-bond donors (Lipinski definition) is 1. The highest BCUT2D eigenvalue weighted by Gasteiger charge is 2.36.